The van der Waals surface area contributed by atoms with Crippen molar-refractivity contribution in [2.75, 3.05) is 5.32 Å². The molecule has 0 saturated carbocycles. The van der Waals surface area contributed by atoms with E-state index >= 15 is 0 Å². The van der Waals surface area contributed by atoms with Crippen LogP contribution < -0.4 is 15.4 Å². The van der Waals surface area contributed by atoms with E-state index < -0.39 is 6.04 Å². The SMILES string of the molecule is Cc1ccc(Oc2ccc(NC(=O)C(NC(=O)c3cccs3)C(C)C)cn2)cc1. The summed E-state index contributed by atoms with van der Waals surface area (Å²) in [4.78, 5) is 29.8. The van der Waals surface area contributed by atoms with E-state index in [-0.39, 0.29) is 17.7 Å². The maximum atomic E-state index is 12.7. The number of amides is 2. The van der Waals surface area contributed by atoms with Crippen LogP contribution in [0.4, 0.5) is 5.69 Å². The molecule has 2 amide bonds. The maximum Gasteiger partial charge on any atom is 0.262 e. The molecule has 2 aromatic heterocycles. The zero-order valence-electron chi connectivity index (χ0n) is 16.5. The number of hydrogen-bond acceptors (Lipinski definition) is 5. The molecule has 0 fully saturated rings. The summed E-state index contributed by atoms with van der Waals surface area (Å²) in [5.41, 5.74) is 1.68. The number of hydrogen-bond donors (Lipinski definition) is 2. The fourth-order valence-corrected chi connectivity index (χ4v) is 3.24. The van der Waals surface area contributed by atoms with Gasteiger partial charge in [-0.05, 0) is 42.5 Å². The number of anilines is 1. The first-order chi connectivity index (χ1) is 13.9. The molecule has 0 aliphatic heterocycles. The largest absolute Gasteiger partial charge is 0.439 e. The van der Waals surface area contributed by atoms with Gasteiger partial charge < -0.3 is 15.4 Å². The number of rotatable bonds is 7. The van der Waals surface area contributed by atoms with Gasteiger partial charge in [-0.3, -0.25) is 9.59 Å². The van der Waals surface area contributed by atoms with Crippen LogP contribution in [0.1, 0.15) is 29.1 Å². The number of ether oxygens (including phenoxy) is 1. The first kappa shape index (κ1) is 20.5. The minimum atomic E-state index is -0.659. The summed E-state index contributed by atoms with van der Waals surface area (Å²) in [6.07, 6.45) is 1.53. The average Bonchev–Trinajstić information content (AvgIpc) is 3.24. The number of carbonyl (C=O) groups excluding carboxylic acids is 2. The van der Waals surface area contributed by atoms with E-state index in [1.807, 2.05) is 50.4 Å². The van der Waals surface area contributed by atoms with E-state index in [0.29, 0.717) is 22.2 Å². The van der Waals surface area contributed by atoms with Gasteiger partial charge in [0.1, 0.15) is 11.8 Å². The summed E-state index contributed by atoms with van der Waals surface area (Å²) in [6.45, 7) is 5.78. The third-order valence-electron chi connectivity index (χ3n) is 4.23. The summed E-state index contributed by atoms with van der Waals surface area (Å²) in [6, 6.07) is 13.9. The van der Waals surface area contributed by atoms with E-state index in [1.165, 1.54) is 17.5 Å². The second kappa shape index (κ2) is 9.34. The number of nitrogens with zero attached hydrogens (tertiary/aromatic N) is 1. The lowest BCUT2D eigenvalue weighted by Gasteiger charge is -2.21. The molecule has 7 heteroatoms. The maximum absolute atomic E-state index is 12.7. The van der Waals surface area contributed by atoms with Gasteiger partial charge in [0.15, 0.2) is 0 Å². The van der Waals surface area contributed by atoms with Gasteiger partial charge in [-0.1, -0.05) is 37.6 Å². The minimum Gasteiger partial charge on any atom is -0.439 e. The lowest BCUT2D eigenvalue weighted by atomic mass is 10.0. The monoisotopic (exact) mass is 409 g/mol. The summed E-state index contributed by atoms with van der Waals surface area (Å²) in [5, 5.41) is 7.43. The highest BCUT2D eigenvalue weighted by Crippen LogP contribution is 2.21. The first-order valence-electron chi connectivity index (χ1n) is 9.28. The van der Waals surface area contributed by atoms with Crippen LogP contribution in [-0.2, 0) is 4.79 Å². The Kier molecular flexibility index (Phi) is 6.61. The molecular formula is C22H23N3O3S. The van der Waals surface area contributed by atoms with Crippen LogP contribution in [0.15, 0.2) is 60.1 Å². The van der Waals surface area contributed by atoms with Gasteiger partial charge in [0.2, 0.25) is 11.8 Å². The summed E-state index contributed by atoms with van der Waals surface area (Å²) < 4.78 is 5.69. The van der Waals surface area contributed by atoms with Crippen LogP contribution in [0.25, 0.3) is 0 Å². The van der Waals surface area contributed by atoms with Gasteiger partial charge in [0, 0.05) is 6.07 Å². The molecule has 1 atom stereocenters. The second-order valence-electron chi connectivity index (χ2n) is 6.96. The van der Waals surface area contributed by atoms with Crippen molar-refractivity contribution in [2.24, 2.45) is 5.92 Å². The van der Waals surface area contributed by atoms with E-state index in [2.05, 4.69) is 15.6 Å². The minimum absolute atomic E-state index is 0.0731. The summed E-state index contributed by atoms with van der Waals surface area (Å²) in [5.74, 6) is 0.498. The Labute approximate surface area is 173 Å². The number of nitrogens with one attached hydrogen (secondary N) is 2. The lowest BCUT2D eigenvalue weighted by Crippen LogP contribution is -2.46. The van der Waals surface area contributed by atoms with Gasteiger partial charge in [-0.2, -0.15) is 0 Å². The number of carbonyl (C=O) groups is 2. The summed E-state index contributed by atoms with van der Waals surface area (Å²) >= 11 is 1.34. The molecule has 0 bridgehead atoms. The second-order valence-corrected chi connectivity index (χ2v) is 7.91. The van der Waals surface area contributed by atoms with E-state index in [1.54, 1.807) is 24.3 Å². The lowest BCUT2D eigenvalue weighted by molar-refractivity contribution is -0.118. The van der Waals surface area contributed by atoms with E-state index in [0.717, 1.165) is 5.56 Å². The molecule has 3 rings (SSSR count). The normalized spacial score (nSPS) is 11.7. The van der Waals surface area contributed by atoms with Crippen LogP contribution in [0.3, 0.4) is 0 Å². The Morgan fingerprint density at radius 3 is 2.41 bits per heavy atom. The van der Waals surface area contributed by atoms with Crippen LogP contribution in [0.2, 0.25) is 0 Å². The predicted octanol–water partition coefficient (Wildman–Crippen LogP) is 4.64. The van der Waals surface area contributed by atoms with E-state index in [4.69, 9.17) is 4.74 Å². The zero-order chi connectivity index (χ0) is 20.8. The Hall–Kier alpha value is -3.19. The van der Waals surface area contributed by atoms with E-state index in [9.17, 15) is 9.59 Å². The number of aromatic nitrogens is 1. The standard InChI is InChI=1S/C22H23N3O3S/c1-14(2)20(25-21(26)18-5-4-12-29-18)22(27)24-16-8-11-19(23-13-16)28-17-9-6-15(3)7-10-17/h4-14,20H,1-3H3,(H,24,27)(H,25,26). The Bertz CT molecular complexity index is 952. The van der Waals surface area contributed by atoms with Gasteiger partial charge in [-0.25, -0.2) is 4.98 Å². The smallest absolute Gasteiger partial charge is 0.262 e. The fraction of sp³-hybridized carbons (Fsp3) is 0.227. The van der Waals surface area contributed by atoms with Crippen molar-refractivity contribution in [3.63, 3.8) is 0 Å². The molecule has 0 radical (unpaired) electrons. The summed E-state index contributed by atoms with van der Waals surface area (Å²) in [7, 11) is 0. The van der Waals surface area contributed by atoms with Crippen LogP contribution >= 0.6 is 11.3 Å². The first-order valence-corrected chi connectivity index (χ1v) is 10.2. The Morgan fingerprint density at radius 1 is 1.07 bits per heavy atom. The highest BCUT2D eigenvalue weighted by molar-refractivity contribution is 7.12. The molecule has 2 N–H and O–H groups in total. The zero-order valence-corrected chi connectivity index (χ0v) is 17.3. The quantitative estimate of drug-likeness (QED) is 0.596. The van der Waals surface area contributed by atoms with Crippen molar-refractivity contribution in [1.82, 2.24) is 10.3 Å². The molecule has 0 spiro atoms. The highest BCUT2D eigenvalue weighted by atomic mass is 32.1. The topological polar surface area (TPSA) is 80.3 Å². The molecule has 0 aliphatic rings. The Balaban J connectivity index is 1.62. The number of pyridine rings is 1. The van der Waals surface area contributed by atoms with Crippen LogP contribution in [0, 0.1) is 12.8 Å². The predicted molar refractivity (Wildman–Crippen MR) is 115 cm³/mol. The van der Waals surface area contributed by atoms with Crippen molar-refractivity contribution in [2.45, 2.75) is 26.8 Å². The molecule has 1 unspecified atom stereocenters. The van der Waals surface area contributed by atoms with Crippen molar-refractivity contribution in [3.05, 3.63) is 70.5 Å². The average molecular weight is 410 g/mol. The van der Waals surface area contributed by atoms with Crippen molar-refractivity contribution in [3.8, 4) is 11.6 Å². The molecule has 2 heterocycles. The van der Waals surface area contributed by atoms with Crippen LogP contribution in [0.5, 0.6) is 11.6 Å². The molecular weight excluding hydrogens is 386 g/mol. The Morgan fingerprint density at radius 2 is 1.83 bits per heavy atom. The third kappa shape index (κ3) is 5.65. The third-order valence-corrected chi connectivity index (χ3v) is 5.10. The molecule has 6 nitrogen and oxygen atoms in total. The van der Waals surface area contributed by atoms with Gasteiger partial charge in [-0.15, -0.1) is 11.3 Å². The van der Waals surface area contributed by atoms with Gasteiger partial charge >= 0.3 is 0 Å². The van der Waals surface area contributed by atoms with Crippen LogP contribution in [-0.4, -0.2) is 22.8 Å². The molecule has 29 heavy (non-hydrogen) atoms. The number of thiophene rings is 1. The van der Waals surface area contributed by atoms with Crippen molar-refractivity contribution in [1.29, 1.82) is 0 Å². The number of aryl methyl sites for hydroxylation is 1. The molecule has 0 aliphatic carbocycles. The van der Waals surface area contributed by atoms with Crippen molar-refractivity contribution >= 4 is 28.8 Å². The highest BCUT2D eigenvalue weighted by Gasteiger charge is 2.25. The molecule has 3 aromatic rings. The van der Waals surface area contributed by atoms with Gasteiger partial charge in [0.25, 0.3) is 5.91 Å². The van der Waals surface area contributed by atoms with Gasteiger partial charge in [0.05, 0.1) is 16.8 Å². The molecule has 1 aromatic carbocycles. The molecule has 0 saturated heterocycles. The molecule has 150 valence electrons. The number of benzene rings is 1. The fourth-order valence-electron chi connectivity index (χ4n) is 2.62. The van der Waals surface area contributed by atoms with Crippen molar-refractivity contribution < 1.29 is 14.3 Å².